The van der Waals surface area contributed by atoms with Crippen molar-refractivity contribution in [1.29, 1.82) is 0 Å². The number of rotatable bonds is 5. The van der Waals surface area contributed by atoms with Crippen LogP contribution in [0.1, 0.15) is 15.9 Å². The van der Waals surface area contributed by atoms with Crippen molar-refractivity contribution in [1.82, 2.24) is 4.98 Å². The minimum absolute atomic E-state index is 0.0912. The van der Waals surface area contributed by atoms with E-state index >= 15 is 0 Å². The van der Waals surface area contributed by atoms with Gasteiger partial charge in [0, 0.05) is 22.7 Å². The molecule has 6 heteroatoms. The highest BCUT2D eigenvalue weighted by Gasteiger charge is 2.12. The van der Waals surface area contributed by atoms with Gasteiger partial charge in [0.25, 0.3) is 0 Å². The first-order chi connectivity index (χ1) is 11.6. The Morgan fingerprint density at radius 2 is 1.96 bits per heavy atom. The molecule has 122 valence electrons. The lowest BCUT2D eigenvalue weighted by atomic mass is 10.1. The molecule has 6 nitrogen and oxygen atoms in total. The highest BCUT2D eigenvalue weighted by atomic mass is 16.5. The van der Waals surface area contributed by atoms with Crippen LogP contribution in [0.15, 0.2) is 48.7 Å². The molecular weight excluding hydrogens is 308 g/mol. The summed E-state index contributed by atoms with van der Waals surface area (Å²) in [4.78, 5) is 26.5. The van der Waals surface area contributed by atoms with Crippen LogP contribution in [0.25, 0.3) is 10.9 Å². The Morgan fingerprint density at radius 1 is 1.12 bits per heavy atom. The SMILES string of the molecule is COc1ccc2[nH]cc(CC(=O)Oc3cccc(C(N)=O)c3)c2c1. The Balaban J connectivity index is 1.78. The number of carbonyl (C=O) groups is 2. The topological polar surface area (TPSA) is 94.4 Å². The summed E-state index contributed by atoms with van der Waals surface area (Å²) in [6.07, 6.45) is 1.86. The first kappa shape index (κ1) is 15.6. The third-order valence-corrected chi connectivity index (χ3v) is 3.66. The third-order valence-electron chi connectivity index (χ3n) is 3.66. The fourth-order valence-electron chi connectivity index (χ4n) is 2.47. The molecule has 0 spiro atoms. The van der Waals surface area contributed by atoms with E-state index in [9.17, 15) is 9.59 Å². The van der Waals surface area contributed by atoms with Gasteiger partial charge in [-0.3, -0.25) is 9.59 Å². The van der Waals surface area contributed by atoms with E-state index < -0.39 is 11.9 Å². The Bertz CT molecular complexity index is 914. The Hall–Kier alpha value is -3.28. The van der Waals surface area contributed by atoms with E-state index in [1.165, 1.54) is 6.07 Å². The minimum atomic E-state index is -0.573. The lowest BCUT2D eigenvalue weighted by Crippen LogP contribution is -2.13. The molecule has 3 rings (SSSR count). The Labute approximate surface area is 138 Å². The summed E-state index contributed by atoms with van der Waals surface area (Å²) in [5.41, 5.74) is 7.22. The molecule has 3 N–H and O–H groups in total. The quantitative estimate of drug-likeness (QED) is 0.556. The number of aromatic amines is 1. The van der Waals surface area contributed by atoms with Crippen LogP contribution in [0.3, 0.4) is 0 Å². The average Bonchev–Trinajstić information content (AvgIpc) is 2.97. The van der Waals surface area contributed by atoms with E-state index in [2.05, 4.69) is 4.98 Å². The van der Waals surface area contributed by atoms with Gasteiger partial charge in [-0.1, -0.05) is 6.07 Å². The lowest BCUT2D eigenvalue weighted by Gasteiger charge is -2.05. The molecular formula is C18H16N2O4. The van der Waals surface area contributed by atoms with Crippen LogP contribution >= 0.6 is 0 Å². The van der Waals surface area contributed by atoms with Crippen LogP contribution in [0.5, 0.6) is 11.5 Å². The maximum atomic E-state index is 12.2. The standard InChI is InChI=1S/C18H16N2O4/c1-23-13-5-6-16-15(9-13)12(10-20-16)8-17(21)24-14-4-2-3-11(7-14)18(19)22/h2-7,9-10,20H,8H2,1H3,(H2,19,22). The van der Waals surface area contributed by atoms with Crippen LogP contribution in [-0.2, 0) is 11.2 Å². The molecule has 2 aromatic carbocycles. The average molecular weight is 324 g/mol. The van der Waals surface area contributed by atoms with E-state index in [1.807, 2.05) is 18.2 Å². The third kappa shape index (κ3) is 3.22. The summed E-state index contributed by atoms with van der Waals surface area (Å²) in [5, 5.41) is 0.900. The zero-order valence-electron chi connectivity index (χ0n) is 13.0. The maximum Gasteiger partial charge on any atom is 0.315 e. The van der Waals surface area contributed by atoms with Gasteiger partial charge in [0.05, 0.1) is 13.5 Å². The number of esters is 1. The summed E-state index contributed by atoms with van der Waals surface area (Å²) >= 11 is 0. The molecule has 24 heavy (non-hydrogen) atoms. The number of ether oxygens (including phenoxy) is 2. The molecule has 3 aromatic rings. The molecule has 0 aliphatic rings. The first-order valence-electron chi connectivity index (χ1n) is 7.31. The highest BCUT2D eigenvalue weighted by molar-refractivity contribution is 5.93. The molecule has 0 aliphatic carbocycles. The smallest absolute Gasteiger partial charge is 0.315 e. The summed E-state index contributed by atoms with van der Waals surface area (Å²) < 4.78 is 10.5. The van der Waals surface area contributed by atoms with E-state index in [0.29, 0.717) is 5.75 Å². The van der Waals surface area contributed by atoms with Gasteiger partial charge in [-0.15, -0.1) is 0 Å². The number of H-pyrrole nitrogens is 1. The second kappa shape index (κ2) is 6.45. The zero-order valence-corrected chi connectivity index (χ0v) is 13.0. The number of primary amides is 1. The van der Waals surface area contributed by atoms with Crippen molar-refractivity contribution in [2.75, 3.05) is 7.11 Å². The number of benzene rings is 2. The summed E-state index contributed by atoms with van der Waals surface area (Å²) in [6, 6.07) is 11.8. The van der Waals surface area contributed by atoms with Gasteiger partial charge >= 0.3 is 5.97 Å². The normalized spacial score (nSPS) is 10.5. The molecule has 1 heterocycles. The van der Waals surface area contributed by atoms with Crippen LogP contribution in [-0.4, -0.2) is 24.0 Å². The predicted octanol–water partition coefficient (Wildman–Crippen LogP) is 2.42. The first-order valence-corrected chi connectivity index (χ1v) is 7.31. The van der Waals surface area contributed by atoms with Crippen LogP contribution < -0.4 is 15.2 Å². The van der Waals surface area contributed by atoms with Gasteiger partial charge in [0.15, 0.2) is 0 Å². The molecule has 1 aromatic heterocycles. The molecule has 0 radical (unpaired) electrons. The highest BCUT2D eigenvalue weighted by Crippen LogP contribution is 2.24. The van der Waals surface area contributed by atoms with Crippen molar-refractivity contribution in [2.45, 2.75) is 6.42 Å². The van der Waals surface area contributed by atoms with Crippen LogP contribution in [0, 0.1) is 0 Å². The molecule has 0 saturated heterocycles. The number of methoxy groups -OCH3 is 1. The van der Waals surface area contributed by atoms with Crippen molar-refractivity contribution >= 4 is 22.8 Å². The van der Waals surface area contributed by atoms with Crippen molar-refractivity contribution in [3.8, 4) is 11.5 Å². The minimum Gasteiger partial charge on any atom is -0.497 e. The molecule has 0 aliphatic heterocycles. The number of amides is 1. The fraction of sp³-hybridized carbons (Fsp3) is 0.111. The van der Waals surface area contributed by atoms with Crippen LogP contribution in [0.2, 0.25) is 0 Å². The van der Waals surface area contributed by atoms with Crippen LogP contribution in [0.4, 0.5) is 0 Å². The maximum absolute atomic E-state index is 12.2. The predicted molar refractivity (Wildman–Crippen MR) is 89.1 cm³/mol. The zero-order chi connectivity index (χ0) is 17.1. The largest absolute Gasteiger partial charge is 0.497 e. The Morgan fingerprint density at radius 3 is 2.71 bits per heavy atom. The molecule has 0 saturated carbocycles. The number of aromatic nitrogens is 1. The van der Waals surface area contributed by atoms with Gasteiger partial charge in [-0.05, 0) is 42.0 Å². The van der Waals surface area contributed by atoms with E-state index in [4.69, 9.17) is 15.2 Å². The number of hydrogen-bond donors (Lipinski definition) is 2. The van der Waals surface area contributed by atoms with Crippen molar-refractivity contribution < 1.29 is 19.1 Å². The molecule has 0 unspecified atom stereocenters. The Kier molecular flexibility index (Phi) is 4.20. The summed E-state index contributed by atoms with van der Waals surface area (Å²) in [7, 11) is 1.59. The molecule has 0 fully saturated rings. The van der Waals surface area contributed by atoms with Gasteiger partial charge in [-0.2, -0.15) is 0 Å². The number of nitrogens with two attached hydrogens (primary N) is 1. The monoisotopic (exact) mass is 324 g/mol. The van der Waals surface area contributed by atoms with Crippen molar-refractivity contribution in [3.05, 3.63) is 59.8 Å². The second-order valence-corrected chi connectivity index (χ2v) is 5.27. The summed E-state index contributed by atoms with van der Waals surface area (Å²) in [6.45, 7) is 0. The van der Waals surface area contributed by atoms with Gasteiger partial charge in [-0.25, -0.2) is 0 Å². The summed E-state index contributed by atoms with van der Waals surface area (Å²) in [5.74, 6) is -0.00318. The number of fused-ring (bicyclic) bond motifs is 1. The van der Waals surface area contributed by atoms with Gasteiger partial charge in [0.1, 0.15) is 11.5 Å². The van der Waals surface area contributed by atoms with Gasteiger partial charge < -0.3 is 20.2 Å². The van der Waals surface area contributed by atoms with Crippen molar-refractivity contribution in [2.24, 2.45) is 5.73 Å². The number of nitrogens with one attached hydrogen (secondary N) is 1. The van der Waals surface area contributed by atoms with E-state index in [1.54, 1.807) is 31.5 Å². The van der Waals surface area contributed by atoms with E-state index in [0.717, 1.165) is 16.5 Å². The number of carbonyl (C=O) groups excluding carboxylic acids is 2. The van der Waals surface area contributed by atoms with Crippen molar-refractivity contribution in [3.63, 3.8) is 0 Å². The second-order valence-electron chi connectivity index (χ2n) is 5.27. The lowest BCUT2D eigenvalue weighted by molar-refractivity contribution is -0.133. The van der Waals surface area contributed by atoms with E-state index in [-0.39, 0.29) is 17.7 Å². The molecule has 1 amide bonds. The number of hydrogen-bond acceptors (Lipinski definition) is 4. The fourth-order valence-corrected chi connectivity index (χ4v) is 2.47. The van der Waals surface area contributed by atoms with Gasteiger partial charge in [0.2, 0.25) is 5.91 Å². The molecule has 0 bridgehead atoms. The molecule has 0 atom stereocenters.